The van der Waals surface area contributed by atoms with Gasteiger partial charge >= 0.3 is 5.97 Å². The van der Waals surface area contributed by atoms with Crippen LogP contribution >= 0.6 is 0 Å². The Hall–Kier alpha value is -2.11. The maximum Gasteiger partial charge on any atom is 0.341 e. The molecule has 6 nitrogen and oxygen atoms in total. The number of aromatic carboxylic acids is 1. The minimum atomic E-state index is -1.28. The summed E-state index contributed by atoms with van der Waals surface area (Å²) in [5, 5.41) is 11.3. The smallest absolute Gasteiger partial charge is 0.341 e. The molecule has 2 heterocycles. The lowest BCUT2D eigenvalue weighted by atomic mass is 10.2. The minimum absolute atomic E-state index is 0.205. The van der Waals surface area contributed by atoms with Crippen molar-refractivity contribution >= 4 is 11.9 Å². The molecule has 2 rings (SSSR count). The Bertz CT molecular complexity index is 503. The molecule has 0 fully saturated rings. The number of nitrogens with zero attached hydrogens (tertiary/aromatic N) is 1. The van der Waals surface area contributed by atoms with E-state index in [9.17, 15) is 14.4 Å². The summed E-state index contributed by atoms with van der Waals surface area (Å²) < 4.78 is 1.48. The van der Waals surface area contributed by atoms with Crippen LogP contribution in [0.2, 0.25) is 0 Å². The molecule has 1 aromatic rings. The van der Waals surface area contributed by atoms with Crippen molar-refractivity contribution in [3.63, 3.8) is 0 Å². The number of carbonyl (C=O) groups is 2. The van der Waals surface area contributed by atoms with Crippen LogP contribution in [0, 0.1) is 0 Å². The number of carboxylic acid groups (broad SMARTS) is 1. The summed E-state index contributed by atoms with van der Waals surface area (Å²) in [6, 6.07) is 1.05. The highest BCUT2D eigenvalue weighted by molar-refractivity contribution is 5.94. The van der Waals surface area contributed by atoms with E-state index < -0.39 is 11.4 Å². The van der Waals surface area contributed by atoms with Crippen LogP contribution in [0.15, 0.2) is 17.1 Å². The fourth-order valence-corrected chi connectivity index (χ4v) is 1.50. The summed E-state index contributed by atoms with van der Waals surface area (Å²) in [4.78, 5) is 33.3. The van der Waals surface area contributed by atoms with E-state index >= 15 is 0 Å². The van der Waals surface area contributed by atoms with Crippen molar-refractivity contribution in [1.82, 2.24) is 9.88 Å². The second kappa shape index (κ2) is 3.23. The average molecular weight is 208 g/mol. The highest BCUT2D eigenvalue weighted by Gasteiger charge is 2.19. The van der Waals surface area contributed by atoms with Crippen molar-refractivity contribution < 1.29 is 14.7 Å². The number of fused-ring (bicyclic) bond motifs is 1. The van der Waals surface area contributed by atoms with Crippen LogP contribution in [-0.2, 0) is 6.54 Å². The molecule has 1 aromatic heterocycles. The van der Waals surface area contributed by atoms with E-state index in [0.29, 0.717) is 13.1 Å². The minimum Gasteiger partial charge on any atom is -0.477 e. The van der Waals surface area contributed by atoms with Crippen LogP contribution < -0.4 is 10.7 Å². The Kier molecular flexibility index (Phi) is 2.03. The van der Waals surface area contributed by atoms with E-state index in [-0.39, 0.29) is 17.2 Å². The van der Waals surface area contributed by atoms with Crippen LogP contribution in [0.1, 0.15) is 20.8 Å². The third kappa shape index (κ3) is 1.50. The van der Waals surface area contributed by atoms with E-state index in [0.717, 1.165) is 6.07 Å². The van der Waals surface area contributed by atoms with Gasteiger partial charge in [-0.25, -0.2) is 4.79 Å². The van der Waals surface area contributed by atoms with Gasteiger partial charge in [-0.05, 0) is 0 Å². The first-order valence-corrected chi connectivity index (χ1v) is 4.35. The molecule has 1 amide bonds. The predicted molar refractivity (Wildman–Crippen MR) is 50.0 cm³/mol. The monoisotopic (exact) mass is 208 g/mol. The van der Waals surface area contributed by atoms with Gasteiger partial charge in [-0.1, -0.05) is 0 Å². The van der Waals surface area contributed by atoms with Crippen LogP contribution in [0.4, 0.5) is 0 Å². The summed E-state index contributed by atoms with van der Waals surface area (Å²) in [6.07, 6.45) is 1.21. The fraction of sp³-hybridized carbons (Fsp3) is 0.222. The first-order valence-electron chi connectivity index (χ1n) is 4.35. The number of nitrogens with one attached hydrogen (secondary N) is 1. The molecule has 78 valence electrons. The summed E-state index contributed by atoms with van der Waals surface area (Å²) in [5.41, 5.74) is -0.754. The van der Waals surface area contributed by atoms with Gasteiger partial charge in [0.2, 0.25) is 0 Å². The lowest BCUT2D eigenvalue weighted by molar-refractivity contribution is 0.0693. The molecule has 0 atom stereocenters. The lowest BCUT2D eigenvalue weighted by Gasteiger charge is -2.19. The number of carboxylic acids is 1. The normalized spacial score (nSPS) is 14.3. The Morgan fingerprint density at radius 3 is 2.87 bits per heavy atom. The highest BCUT2D eigenvalue weighted by Crippen LogP contribution is 2.04. The zero-order valence-corrected chi connectivity index (χ0v) is 7.69. The van der Waals surface area contributed by atoms with E-state index in [1.807, 2.05) is 0 Å². The predicted octanol–water partition coefficient (Wildman–Crippen LogP) is -0.710. The third-order valence-corrected chi connectivity index (χ3v) is 2.23. The molecule has 0 unspecified atom stereocenters. The summed E-state index contributed by atoms with van der Waals surface area (Å²) in [6.45, 7) is 0.912. The van der Waals surface area contributed by atoms with Gasteiger partial charge in [0, 0.05) is 25.4 Å². The van der Waals surface area contributed by atoms with Crippen LogP contribution in [0.25, 0.3) is 0 Å². The van der Waals surface area contributed by atoms with Crippen LogP contribution in [0.3, 0.4) is 0 Å². The van der Waals surface area contributed by atoms with E-state index in [1.54, 1.807) is 0 Å². The van der Waals surface area contributed by atoms with Crippen molar-refractivity contribution in [1.29, 1.82) is 0 Å². The second-order valence-electron chi connectivity index (χ2n) is 3.19. The molecule has 1 aliphatic rings. The molecule has 0 aliphatic carbocycles. The first-order chi connectivity index (χ1) is 7.09. The van der Waals surface area contributed by atoms with Crippen molar-refractivity contribution in [3.8, 4) is 0 Å². The summed E-state index contributed by atoms with van der Waals surface area (Å²) >= 11 is 0. The highest BCUT2D eigenvalue weighted by atomic mass is 16.4. The number of hydrogen-bond acceptors (Lipinski definition) is 3. The molecule has 0 aromatic carbocycles. The molecule has 15 heavy (non-hydrogen) atoms. The van der Waals surface area contributed by atoms with Gasteiger partial charge in [-0.2, -0.15) is 0 Å². The van der Waals surface area contributed by atoms with Gasteiger partial charge in [-0.3, -0.25) is 9.59 Å². The molecule has 0 spiro atoms. The number of pyridine rings is 1. The van der Waals surface area contributed by atoms with Crippen LogP contribution in [-0.4, -0.2) is 28.1 Å². The largest absolute Gasteiger partial charge is 0.477 e. The quantitative estimate of drug-likeness (QED) is 0.638. The van der Waals surface area contributed by atoms with Crippen molar-refractivity contribution in [2.75, 3.05) is 6.54 Å². The molecular weight excluding hydrogens is 200 g/mol. The number of hydrogen-bond donors (Lipinski definition) is 2. The molecule has 0 saturated heterocycles. The Labute approximate surface area is 84.1 Å². The van der Waals surface area contributed by atoms with Crippen molar-refractivity contribution in [2.45, 2.75) is 6.54 Å². The average Bonchev–Trinajstić information content (AvgIpc) is 2.18. The second-order valence-corrected chi connectivity index (χ2v) is 3.19. The Balaban J connectivity index is 2.64. The van der Waals surface area contributed by atoms with E-state index in [2.05, 4.69) is 5.32 Å². The molecule has 0 saturated carbocycles. The number of rotatable bonds is 1. The zero-order chi connectivity index (χ0) is 11.0. The van der Waals surface area contributed by atoms with Gasteiger partial charge in [-0.15, -0.1) is 0 Å². The molecule has 0 bridgehead atoms. The van der Waals surface area contributed by atoms with Gasteiger partial charge in [0.05, 0.1) is 0 Å². The molecule has 0 radical (unpaired) electrons. The molecule has 1 aliphatic heterocycles. The van der Waals surface area contributed by atoms with Gasteiger partial charge < -0.3 is 15.0 Å². The number of aromatic nitrogens is 1. The maximum absolute atomic E-state index is 11.3. The molecule has 2 N–H and O–H groups in total. The van der Waals surface area contributed by atoms with Crippen molar-refractivity contribution in [2.24, 2.45) is 0 Å². The van der Waals surface area contributed by atoms with Crippen LogP contribution in [0.5, 0.6) is 0 Å². The Morgan fingerprint density at radius 1 is 1.47 bits per heavy atom. The van der Waals surface area contributed by atoms with Gasteiger partial charge in [0.25, 0.3) is 5.91 Å². The summed E-state index contributed by atoms with van der Waals surface area (Å²) in [7, 11) is 0. The summed E-state index contributed by atoms with van der Waals surface area (Å²) in [5.74, 6) is -1.63. The van der Waals surface area contributed by atoms with Crippen molar-refractivity contribution in [3.05, 3.63) is 33.7 Å². The lowest BCUT2D eigenvalue weighted by Crippen LogP contribution is -2.38. The fourth-order valence-electron chi connectivity index (χ4n) is 1.50. The topological polar surface area (TPSA) is 88.4 Å². The van der Waals surface area contributed by atoms with Gasteiger partial charge in [0.15, 0.2) is 5.43 Å². The SMILES string of the molecule is O=C(O)c1cn2c(cc1=O)C(=O)NCC2. The third-order valence-electron chi connectivity index (χ3n) is 2.23. The van der Waals surface area contributed by atoms with E-state index in [1.165, 1.54) is 10.8 Å². The Morgan fingerprint density at radius 2 is 2.20 bits per heavy atom. The number of amides is 1. The molecular formula is C9H8N2O4. The number of carbonyl (C=O) groups excluding carboxylic acids is 1. The maximum atomic E-state index is 11.3. The first kappa shape index (κ1) is 9.45. The molecule has 6 heteroatoms. The van der Waals surface area contributed by atoms with Gasteiger partial charge in [0.1, 0.15) is 11.3 Å². The van der Waals surface area contributed by atoms with E-state index in [4.69, 9.17) is 5.11 Å². The zero-order valence-electron chi connectivity index (χ0n) is 7.69. The standard InChI is InChI=1S/C9H8N2O4/c12-7-3-6-8(13)10-1-2-11(6)4-5(7)9(14)15/h3-4H,1-2H2,(H,10,13)(H,14,15).